The van der Waals surface area contributed by atoms with Crippen molar-refractivity contribution in [2.45, 2.75) is 20.3 Å². The summed E-state index contributed by atoms with van der Waals surface area (Å²) < 4.78 is 13.4. The van der Waals surface area contributed by atoms with Gasteiger partial charge >= 0.3 is 0 Å². The summed E-state index contributed by atoms with van der Waals surface area (Å²) >= 11 is 1.56. The molecule has 1 aromatic heterocycles. The van der Waals surface area contributed by atoms with Gasteiger partial charge in [-0.15, -0.1) is 11.3 Å². The first-order chi connectivity index (χ1) is 10.5. The number of nitrogens with one attached hydrogen (secondary N) is 1. The minimum Gasteiger partial charge on any atom is -0.324 e. The number of hydrogen-bond acceptors (Lipinski definition) is 3. The summed E-state index contributed by atoms with van der Waals surface area (Å²) in [6, 6.07) is 5.92. The van der Waals surface area contributed by atoms with Crippen LogP contribution < -0.4 is 10.2 Å². The largest absolute Gasteiger partial charge is 0.324 e. The Morgan fingerprint density at radius 2 is 2.09 bits per heavy atom. The number of thiophene rings is 1. The third-order valence-corrected chi connectivity index (χ3v) is 4.57. The molecule has 0 unspecified atom stereocenters. The van der Waals surface area contributed by atoms with E-state index in [9.17, 15) is 14.0 Å². The molecule has 4 nitrogen and oxygen atoms in total. The second kappa shape index (κ2) is 5.53. The summed E-state index contributed by atoms with van der Waals surface area (Å²) in [6.45, 7) is 4.13. The van der Waals surface area contributed by atoms with Crippen LogP contribution in [0.5, 0.6) is 0 Å². The Hall–Kier alpha value is -2.21. The van der Waals surface area contributed by atoms with Crippen molar-refractivity contribution in [3.63, 3.8) is 0 Å². The van der Waals surface area contributed by atoms with Gasteiger partial charge in [0.05, 0.1) is 16.9 Å². The minimum absolute atomic E-state index is 0.161. The molecule has 0 aliphatic carbocycles. The smallest absolute Gasteiger partial charge is 0.259 e. The Balaban J connectivity index is 2.05. The first kappa shape index (κ1) is 14.7. The van der Waals surface area contributed by atoms with E-state index in [0.717, 1.165) is 9.75 Å². The topological polar surface area (TPSA) is 49.4 Å². The van der Waals surface area contributed by atoms with Crippen LogP contribution in [-0.2, 0) is 4.79 Å². The first-order valence-electron chi connectivity index (χ1n) is 6.94. The molecule has 0 spiro atoms. The summed E-state index contributed by atoms with van der Waals surface area (Å²) in [5.74, 6) is -0.831. The van der Waals surface area contributed by atoms with E-state index in [1.807, 2.05) is 19.9 Å². The lowest BCUT2D eigenvalue weighted by atomic mass is 10.1. The Bertz CT molecular complexity index is 770. The number of halogens is 1. The van der Waals surface area contributed by atoms with Crippen LogP contribution in [-0.4, -0.2) is 18.4 Å². The number of nitrogens with zero attached hydrogens (tertiary/aromatic N) is 1. The van der Waals surface area contributed by atoms with Gasteiger partial charge in [0.1, 0.15) is 5.82 Å². The van der Waals surface area contributed by atoms with Gasteiger partial charge in [-0.1, -0.05) is 0 Å². The van der Waals surface area contributed by atoms with Crippen molar-refractivity contribution in [3.8, 4) is 0 Å². The molecule has 2 heterocycles. The van der Waals surface area contributed by atoms with Gasteiger partial charge in [0.25, 0.3) is 5.91 Å². The number of fused-ring (bicyclic) bond motifs is 1. The number of aryl methyl sites for hydroxylation is 2. The fourth-order valence-corrected chi connectivity index (χ4v) is 3.51. The molecule has 1 aliphatic heterocycles. The van der Waals surface area contributed by atoms with E-state index in [4.69, 9.17) is 0 Å². The summed E-state index contributed by atoms with van der Waals surface area (Å²) in [7, 11) is 0. The van der Waals surface area contributed by atoms with Gasteiger partial charge < -0.3 is 10.2 Å². The van der Waals surface area contributed by atoms with Crippen LogP contribution in [0.1, 0.15) is 26.5 Å². The molecule has 0 atom stereocenters. The lowest BCUT2D eigenvalue weighted by molar-refractivity contribution is -0.115. The van der Waals surface area contributed by atoms with Crippen LogP contribution in [0.3, 0.4) is 0 Å². The number of benzene rings is 1. The normalized spacial score (nSPS) is 14.3. The van der Waals surface area contributed by atoms with Gasteiger partial charge in [-0.25, -0.2) is 4.39 Å². The highest BCUT2D eigenvalue weighted by Crippen LogP contribution is 2.32. The van der Waals surface area contributed by atoms with Gasteiger partial charge in [-0.2, -0.15) is 0 Å². The quantitative estimate of drug-likeness (QED) is 0.875. The molecule has 3 rings (SSSR count). The first-order valence-corrected chi connectivity index (χ1v) is 7.75. The molecule has 1 N–H and O–H groups in total. The van der Waals surface area contributed by atoms with Crippen molar-refractivity contribution < 1.29 is 14.0 Å². The van der Waals surface area contributed by atoms with E-state index in [1.165, 1.54) is 18.2 Å². The molecule has 114 valence electrons. The highest BCUT2D eigenvalue weighted by atomic mass is 32.1. The average Bonchev–Trinajstić information content (AvgIpc) is 2.70. The molecule has 22 heavy (non-hydrogen) atoms. The predicted octanol–water partition coefficient (Wildman–Crippen LogP) is 3.49. The van der Waals surface area contributed by atoms with Crippen molar-refractivity contribution in [2.24, 2.45) is 0 Å². The second-order valence-corrected chi connectivity index (χ2v) is 6.70. The van der Waals surface area contributed by atoms with Crippen LogP contribution >= 0.6 is 11.3 Å². The minimum atomic E-state index is -0.448. The van der Waals surface area contributed by atoms with Crippen LogP contribution in [0.4, 0.5) is 15.8 Å². The lowest BCUT2D eigenvalue weighted by Crippen LogP contribution is -2.32. The monoisotopic (exact) mass is 318 g/mol. The summed E-state index contributed by atoms with van der Waals surface area (Å²) in [6.07, 6.45) is 0.185. The van der Waals surface area contributed by atoms with E-state index in [0.29, 0.717) is 16.9 Å². The molecule has 1 aliphatic rings. The van der Waals surface area contributed by atoms with E-state index in [1.54, 1.807) is 16.2 Å². The maximum Gasteiger partial charge on any atom is 0.259 e. The van der Waals surface area contributed by atoms with Crippen LogP contribution in [0.2, 0.25) is 0 Å². The van der Waals surface area contributed by atoms with Crippen molar-refractivity contribution in [2.75, 3.05) is 16.8 Å². The van der Waals surface area contributed by atoms with E-state index >= 15 is 0 Å². The standard InChI is InChI=1S/C16H15FN2O2S/c1-9-7-12(10(2)22-9)16(21)19-6-5-15(20)18-13-8-11(17)3-4-14(13)19/h3-4,7-8H,5-6H2,1-2H3,(H,18,20). The molecule has 1 aromatic carbocycles. The van der Waals surface area contributed by atoms with Gasteiger partial charge in [0.15, 0.2) is 0 Å². The van der Waals surface area contributed by atoms with E-state index in [2.05, 4.69) is 5.32 Å². The number of carbonyl (C=O) groups excluding carboxylic acids is 2. The molecule has 0 radical (unpaired) electrons. The fraction of sp³-hybridized carbons (Fsp3) is 0.250. The van der Waals surface area contributed by atoms with Gasteiger partial charge in [-0.05, 0) is 38.1 Å². The van der Waals surface area contributed by atoms with Gasteiger partial charge in [0, 0.05) is 22.7 Å². The number of anilines is 2. The zero-order valence-electron chi connectivity index (χ0n) is 12.3. The summed E-state index contributed by atoms with van der Waals surface area (Å²) in [4.78, 5) is 28.1. The van der Waals surface area contributed by atoms with Crippen LogP contribution in [0.25, 0.3) is 0 Å². The van der Waals surface area contributed by atoms with Gasteiger partial charge in [-0.3, -0.25) is 9.59 Å². The average molecular weight is 318 g/mol. The molecule has 0 fully saturated rings. The molecule has 2 aromatic rings. The Labute approximate surface area is 131 Å². The second-order valence-electron chi connectivity index (χ2n) is 5.24. The third-order valence-electron chi connectivity index (χ3n) is 3.60. The number of carbonyl (C=O) groups is 2. The lowest BCUT2D eigenvalue weighted by Gasteiger charge is -2.22. The molecular formula is C16H15FN2O2S. The number of rotatable bonds is 1. The van der Waals surface area contributed by atoms with Crippen LogP contribution in [0.15, 0.2) is 24.3 Å². The molecule has 0 saturated heterocycles. The van der Waals surface area contributed by atoms with E-state index < -0.39 is 5.82 Å². The Kier molecular flexibility index (Phi) is 3.70. The van der Waals surface area contributed by atoms with Crippen molar-refractivity contribution in [3.05, 3.63) is 45.4 Å². The Morgan fingerprint density at radius 1 is 1.32 bits per heavy atom. The summed E-state index contributed by atoms with van der Waals surface area (Å²) in [5.41, 5.74) is 1.49. The van der Waals surface area contributed by atoms with Crippen molar-refractivity contribution >= 4 is 34.5 Å². The maximum absolute atomic E-state index is 13.4. The predicted molar refractivity (Wildman–Crippen MR) is 85.1 cm³/mol. The highest BCUT2D eigenvalue weighted by molar-refractivity contribution is 7.12. The zero-order chi connectivity index (χ0) is 15.9. The molecule has 6 heteroatoms. The third kappa shape index (κ3) is 2.62. The molecular weight excluding hydrogens is 303 g/mol. The highest BCUT2D eigenvalue weighted by Gasteiger charge is 2.26. The molecule has 0 saturated carbocycles. The zero-order valence-corrected chi connectivity index (χ0v) is 13.1. The maximum atomic E-state index is 13.4. The summed E-state index contributed by atoms with van der Waals surface area (Å²) in [5, 5.41) is 2.65. The van der Waals surface area contributed by atoms with Crippen LogP contribution in [0, 0.1) is 19.7 Å². The molecule has 2 amide bonds. The Morgan fingerprint density at radius 3 is 2.77 bits per heavy atom. The van der Waals surface area contributed by atoms with E-state index in [-0.39, 0.29) is 24.8 Å². The molecule has 0 bridgehead atoms. The van der Waals surface area contributed by atoms with Crippen molar-refractivity contribution in [1.29, 1.82) is 0 Å². The van der Waals surface area contributed by atoms with Gasteiger partial charge in [0.2, 0.25) is 5.91 Å². The SMILES string of the molecule is Cc1cc(C(=O)N2CCC(=O)Nc3cc(F)ccc32)c(C)s1. The number of amides is 2. The fourth-order valence-electron chi connectivity index (χ4n) is 2.59. The van der Waals surface area contributed by atoms with Crippen molar-refractivity contribution in [1.82, 2.24) is 0 Å². The number of hydrogen-bond donors (Lipinski definition) is 1.